The Morgan fingerprint density at radius 1 is 1.30 bits per heavy atom. The molecule has 1 aromatic carbocycles. The lowest BCUT2D eigenvalue weighted by Gasteiger charge is -2.06. The molecule has 0 unspecified atom stereocenters. The normalized spacial score (nSPS) is 11.3. The van der Waals surface area contributed by atoms with Crippen molar-refractivity contribution in [1.82, 2.24) is 19.7 Å². The van der Waals surface area contributed by atoms with Crippen molar-refractivity contribution < 1.29 is 4.52 Å². The Balaban J connectivity index is 1.97. The van der Waals surface area contributed by atoms with Crippen LogP contribution in [-0.4, -0.2) is 19.7 Å². The van der Waals surface area contributed by atoms with E-state index in [-0.39, 0.29) is 0 Å². The zero-order chi connectivity index (χ0) is 14.1. The number of alkyl halides is 1. The van der Waals surface area contributed by atoms with Crippen LogP contribution in [0.4, 0.5) is 0 Å². The molecule has 2 heterocycles. The van der Waals surface area contributed by atoms with Gasteiger partial charge >= 0.3 is 0 Å². The number of nitrogens with zero attached hydrogens (tertiary/aromatic N) is 4. The number of halogens is 2. The Morgan fingerprint density at radius 3 is 2.85 bits per heavy atom. The van der Waals surface area contributed by atoms with Gasteiger partial charge in [0.15, 0.2) is 5.82 Å². The largest absolute Gasteiger partial charge is 0.340 e. The SMILES string of the molecule is Cc1nc(CCn2c(CCl)nc3cccc(Cl)c32)no1. The summed E-state index contributed by atoms with van der Waals surface area (Å²) in [4.78, 5) is 8.68. The zero-order valence-corrected chi connectivity index (χ0v) is 12.3. The van der Waals surface area contributed by atoms with E-state index >= 15 is 0 Å². The van der Waals surface area contributed by atoms with Crippen LogP contribution in [0.3, 0.4) is 0 Å². The van der Waals surface area contributed by atoms with Crippen molar-refractivity contribution in [1.29, 1.82) is 0 Å². The maximum absolute atomic E-state index is 6.26. The van der Waals surface area contributed by atoms with E-state index in [1.807, 2.05) is 22.8 Å². The van der Waals surface area contributed by atoms with Crippen molar-refractivity contribution in [3.05, 3.63) is 40.8 Å². The first-order valence-corrected chi connectivity index (χ1v) is 7.09. The van der Waals surface area contributed by atoms with Crippen molar-refractivity contribution in [3.8, 4) is 0 Å². The van der Waals surface area contributed by atoms with E-state index in [1.165, 1.54) is 0 Å². The van der Waals surface area contributed by atoms with Gasteiger partial charge in [-0.05, 0) is 12.1 Å². The standard InChI is InChI=1S/C13H12Cl2N4O/c1-8-16-11(18-20-8)5-6-19-12(7-14)17-10-4-2-3-9(15)13(10)19/h2-4H,5-7H2,1H3. The van der Waals surface area contributed by atoms with E-state index in [1.54, 1.807) is 6.92 Å². The number of aromatic nitrogens is 4. The molecule has 0 fully saturated rings. The summed E-state index contributed by atoms with van der Waals surface area (Å²) in [5, 5.41) is 4.55. The molecule has 2 aromatic heterocycles. The van der Waals surface area contributed by atoms with Crippen molar-refractivity contribution >= 4 is 34.2 Å². The van der Waals surface area contributed by atoms with Crippen LogP contribution in [0, 0.1) is 6.92 Å². The molecule has 0 aliphatic heterocycles. The fraction of sp³-hybridized carbons (Fsp3) is 0.308. The Morgan fingerprint density at radius 2 is 2.15 bits per heavy atom. The number of fused-ring (bicyclic) bond motifs is 1. The summed E-state index contributed by atoms with van der Waals surface area (Å²) >= 11 is 12.2. The van der Waals surface area contributed by atoms with Crippen LogP contribution in [-0.2, 0) is 18.8 Å². The van der Waals surface area contributed by atoms with E-state index in [9.17, 15) is 0 Å². The third-order valence-electron chi connectivity index (χ3n) is 3.04. The highest BCUT2D eigenvalue weighted by atomic mass is 35.5. The van der Waals surface area contributed by atoms with Crippen molar-refractivity contribution in [2.75, 3.05) is 0 Å². The Labute approximate surface area is 125 Å². The molecule has 5 nitrogen and oxygen atoms in total. The number of imidazole rings is 1. The van der Waals surface area contributed by atoms with Crippen LogP contribution in [0.5, 0.6) is 0 Å². The van der Waals surface area contributed by atoms with Gasteiger partial charge in [-0.3, -0.25) is 0 Å². The summed E-state index contributed by atoms with van der Waals surface area (Å²) < 4.78 is 6.97. The first-order valence-electron chi connectivity index (χ1n) is 6.18. The van der Waals surface area contributed by atoms with Gasteiger partial charge in [-0.1, -0.05) is 22.8 Å². The monoisotopic (exact) mass is 310 g/mol. The van der Waals surface area contributed by atoms with Gasteiger partial charge in [-0.25, -0.2) is 4.98 Å². The maximum Gasteiger partial charge on any atom is 0.223 e. The number of rotatable bonds is 4. The Bertz CT molecular complexity index is 750. The van der Waals surface area contributed by atoms with Crippen LogP contribution in [0.25, 0.3) is 11.0 Å². The molecule has 0 amide bonds. The lowest BCUT2D eigenvalue weighted by atomic mass is 10.3. The predicted molar refractivity (Wildman–Crippen MR) is 77.0 cm³/mol. The summed E-state index contributed by atoms with van der Waals surface area (Å²) in [5.41, 5.74) is 1.74. The van der Waals surface area contributed by atoms with Gasteiger partial charge in [0.05, 0.1) is 21.9 Å². The molecule has 0 aliphatic rings. The molecule has 0 saturated carbocycles. The second kappa shape index (κ2) is 5.42. The summed E-state index contributed by atoms with van der Waals surface area (Å²) in [5.74, 6) is 2.34. The molecule has 0 atom stereocenters. The molecule has 20 heavy (non-hydrogen) atoms. The quantitative estimate of drug-likeness (QED) is 0.693. The van der Waals surface area contributed by atoms with Crippen LogP contribution in [0.15, 0.2) is 22.7 Å². The maximum atomic E-state index is 6.26. The minimum atomic E-state index is 0.330. The molecule has 0 spiro atoms. The Hall–Kier alpha value is -1.59. The summed E-state index contributed by atoms with van der Waals surface area (Å²) in [6.07, 6.45) is 0.637. The second-order valence-electron chi connectivity index (χ2n) is 4.40. The van der Waals surface area contributed by atoms with Gasteiger partial charge < -0.3 is 9.09 Å². The van der Waals surface area contributed by atoms with E-state index < -0.39 is 0 Å². The lowest BCUT2D eigenvalue weighted by Crippen LogP contribution is -2.06. The lowest BCUT2D eigenvalue weighted by molar-refractivity contribution is 0.386. The zero-order valence-electron chi connectivity index (χ0n) is 10.8. The van der Waals surface area contributed by atoms with Crippen LogP contribution in [0.2, 0.25) is 5.02 Å². The van der Waals surface area contributed by atoms with Crippen molar-refractivity contribution in [2.24, 2.45) is 0 Å². The molecule has 3 rings (SSSR count). The summed E-state index contributed by atoms with van der Waals surface area (Å²) in [6, 6.07) is 5.65. The number of aryl methyl sites for hydroxylation is 3. The van der Waals surface area contributed by atoms with Gasteiger partial charge in [-0.15, -0.1) is 11.6 Å². The third-order valence-corrected chi connectivity index (χ3v) is 3.59. The molecule has 0 aliphatic carbocycles. The first kappa shape index (κ1) is 13.4. The van der Waals surface area contributed by atoms with E-state index in [0.717, 1.165) is 16.9 Å². The number of hydrogen-bond acceptors (Lipinski definition) is 4. The smallest absolute Gasteiger partial charge is 0.223 e. The van der Waals surface area contributed by atoms with Crippen LogP contribution in [0.1, 0.15) is 17.5 Å². The molecule has 0 bridgehead atoms. The van der Waals surface area contributed by atoms with Gasteiger partial charge in [-0.2, -0.15) is 4.98 Å². The number of para-hydroxylation sites is 1. The first-order chi connectivity index (χ1) is 9.69. The highest BCUT2D eigenvalue weighted by molar-refractivity contribution is 6.35. The van der Waals surface area contributed by atoms with Gasteiger partial charge in [0.2, 0.25) is 5.89 Å². The Kier molecular flexibility index (Phi) is 3.63. The fourth-order valence-electron chi connectivity index (χ4n) is 2.19. The highest BCUT2D eigenvalue weighted by Crippen LogP contribution is 2.25. The second-order valence-corrected chi connectivity index (χ2v) is 5.07. The molecule has 104 valence electrons. The minimum absolute atomic E-state index is 0.330. The van der Waals surface area contributed by atoms with Gasteiger partial charge in [0.25, 0.3) is 0 Å². The van der Waals surface area contributed by atoms with E-state index in [2.05, 4.69) is 15.1 Å². The minimum Gasteiger partial charge on any atom is -0.340 e. The molecule has 0 saturated heterocycles. The van der Waals surface area contributed by atoms with E-state index in [0.29, 0.717) is 35.6 Å². The van der Waals surface area contributed by atoms with Gasteiger partial charge in [0.1, 0.15) is 5.82 Å². The summed E-state index contributed by atoms with van der Waals surface area (Å²) in [6.45, 7) is 2.42. The summed E-state index contributed by atoms with van der Waals surface area (Å²) in [7, 11) is 0. The molecule has 7 heteroatoms. The van der Waals surface area contributed by atoms with E-state index in [4.69, 9.17) is 27.7 Å². The molecule has 0 radical (unpaired) electrons. The third kappa shape index (κ3) is 2.39. The molecule has 3 aromatic rings. The fourth-order valence-corrected chi connectivity index (χ4v) is 2.66. The molecule has 0 N–H and O–H groups in total. The average Bonchev–Trinajstić information content (AvgIpc) is 3.00. The molecular weight excluding hydrogens is 299 g/mol. The number of benzene rings is 1. The topological polar surface area (TPSA) is 56.7 Å². The predicted octanol–water partition coefficient (Wildman–Crippen LogP) is 3.36. The number of hydrogen-bond donors (Lipinski definition) is 0. The highest BCUT2D eigenvalue weighted by Gasteiger charge is 2.13. The van der Waals surface area contributed by atoms with Crippen LogP contribution < -0.4 is 0 Å². The van der Waals surface area contributed by atoms with Gasteiger partial charge in [0, 0.05) is 19.9 Å². The molecular formula is C13H12Cl2N4O. The average molecular weight is 311 g/mol. The van der Waals surface area contributed by atoms with Crippen LogP contribution >= 0.6 is 23.2 Å². The van der Waals surface area contributed by atoms with Crippen molar-refractivity contribution in [2.45, 2.75) is 25.8 Å². The van der Waals surface area contributed by atoms with Crippen molar-refractivity contribution in [3.63, 3.8) is 0 Å².